The Hall–Kier alpha value is -1.59. The fraction of sp³-hybridized carbons (Fsp3) is 0.611. The molecule has 0 radical (unpaired) electrons. The lowest BCUT2D eigenvalue weighted by Gasteiger charge is -2.38. The molecule has 2 rings (SSSR count). The SMILES string of the molecule is CN(c1cc(B(O)OC(C)(C)C(C)(C)O)ccc1C#N)C1CCCO1. The van der Waals surface area contributed by atoms with Crippen molar-refractivity contribution in [3.63, 3.8) is 0 Å². The predicted molar refractivity (Wildman–Crippen MR) is 97.6 cm³/mol. The lowest BCUT2D eigenvalue weighted by molar-refractivity contribution is -0.0982. The van der Waals surface area contributed by atoms with Gasteiger partial charge in [0.2, 0.25) is 0 Å². The van der Waals surface area contributed by atoms with Crippen LogP contribution in [0.3, 0.4) is 0 Å². The van der Waals surface area contributed by atoms with Gasteiger partial charge in [-0.25, -0.2) is 0 Å². The summed E-state index contributed by atoms with van der Waals surface area (Å²) in [6, 6.07) is 7.25. The Balaban J connectivity index is 2.27. The normalized spacial score (nSPS) is 18.1. The van der Waals surface area contributed by atoms with Crippen LogP contribution in [0.25, 0.3) is 0 Å². The third kappa shape index (κ3) is 4.34. The smallest absolute Gasteiger partial charge is 0.423 e. The number of anilines is 1. The number of rotatable bonds is 6. The van der Waals surface area contributed by atoms with Crippen LogP contribution in [0.4, 0.5) is 5.69 Å². The van der Waals surface area contributed by atoms with Gasteiger partial charge in [-0.2, -0.15) is 5.26 Å². The minimum atomic E-state index is -1.22. The molecule has 0 aromatic heterocycles. The molecule has 1 fully saturated rings. The first-order valence-electron chi connectivity index (χ1n) is 8.53. The number of ether oxygens (including phenoxy) is 1. The molecule has 7 heteroatoms. The van der Waals surface area contributed by atoms with E-state index in [1.165, 1.54) is 0 Å². The fourth-order valence-electron chi connectivity index (χ4n) is 2.60. The first kappa shape index (κ1) is 19.7. The van der Waals surface area contributed by atoms with Crippen LogP contribution >= 0.6 is 0 Å². The van der Waals surface area contributed by atoms with E-state index in [2.05, 4.69) is 6.07 Å². The van der Waals surface area contributed by atoms with Crippen LogP contribution in [0.2, 0.25) is 0 Å². The number of nitriles is 1. The van der Waals surface area contributed by atoms with E-state index in [1.807, 2.05) is 11.9 Å². The highest BCUT2D eigenvalue weighted by atomic mass is 16.5. The van der Waals surface area contributed by atoms with Gasteiger partial charge in [0.25, 0.3) is 0 Å². The second-order valence-electron chi connectivity index (χ2n) is 7.51. The van der Waals surface area contributed by atoms with Crippen LogP contribution < -0.4 is 10.4 Å². The highest BCUT2D eigenvalue weighted by molar-refractivity contribution is 6.60. The molecule has 0 saturated carbocycles. The van der Waals surface area contributed by atoms with Crippen molar-refractivity contribution in [2.45, 2.75) is 58.0 Å². The zero-order valence-corrected chi connectivity index (χ0v) is 15.6. The summed E-state index contributed by atoms with van der Waals surface area (Å²) in [7, 11) is 0.662. The molecule has 136 valence electrons. The Morgan fingerprint density at radius 2 is 2.04 bits per heavy atom. The van der Waals surface area contributed by atoms with Crippen molar-refractivity contribution in [3.8, 4) is 6.07 Å². The van der Waals surface area contributed by atoms with Gasteiger partial charge in [0.15, 0.2) is 0 Å². The summed E-state index contributed by atoms with van der Waals surface area (Å²) >= 11 is 0. The molecule has 1 atom stereocenters. The fourth-order valence-corrected chi connectivity index (χ4v) is 2.60. The number of aliphatic hydroxyl groups is 1. The van der Waals surface area contributed by atoms with E-state index >= 15 is 0 Å². The second kappa shape index (κ2) is 7.34. The van der Waals surface area contributed by atoms with Gasteiger partial charge in [-0.15, -0.1) is 0 Å². The van der Waals surface area contributed by atoms with Gasteiger partial charge in [-0.05, 0) is 58.1 Å². The lowest BCUT2D eigenvalue weighted by Crippen LogP contribution is -2.53. The van der Waals surface area contributed by atoms with Crippen molar-refractivity contribution < 1.29 is 19.5 Å². The van der Waals surface area contributed by atoms with E-state index in [0.29, 0.717) is 23.3 Å². The van der Waals surface area contributed by atoms with Crippen molar-refractivity contribution >= 4 is 18.3 Å². The molecule has 0 aliphatic carbocycles. The summed E-state index contributed by atoms with van der Waals surface area (Å²) in [6.07, 6.45) is 1.81. The van der Waals surface area contributed by atoms with E-state index in [4.69, 9.17) is 9.39 Å². The van der Waals surface area contributed by atoms with Crippen molar-refractivity contribution in [3.05, 3.63) is 23.8 Å². The highest BCUT2D eigenvalue weighted by Gasteiger charge is 2.39. The molecule has 25 heavy (non-hydrogen) atoms. The molecule has 0 bridgehead atoms. The van der Waals surface area contributed by atoms with Crippen LogP contribution in [-0.2, 0) is 9.39 Å². The molecule has 1 aliphatic heterocycles. The second-order valence-corrected chi connectivity index (χ2v) is 7.51. The van der Waals surface area contributed by atoms with Gasteiger partial charge < -0.3 is 24.4 Å². The molecule has 1 saturated heterocycles. The van der Waals surface area contributed by atoms with Crippen molar-refractivity contribution in [2.75, 3.05) is 18.6 Å². The molecule has 1 aliphatic rings. The number of benzene rings is 1. The summed E-state index contributed by atoms with van der Waals surface area (Å²) in [5.41, 5.74) is -0.360. The van der Waals surface area contributed by atoms with E-state index < -0.39 is 18.3 Å². The van der Waals surface area contributed by atoms with Gasteiger partial charge in [-0.1, -0.05) is 6.07 Å². The minimum absolute atomic E-state index is 0.0757. The quantitative estimate of drug-likeness (QED) is 0.757. The Morgan fingerprint density at radius 1 is 1.36 bits per heavy atom. The summed E-state index contributed by atoms with van der Waals surface area (Å²) in [5.74, 6) is 0. The largest absolute Gasteiger partial charge is 0.491 e. The number of hydrogen-bond donors (Lipinski definition) is 2. The number of nitrogens with zero attached hydrogens (tertiary/aromatic N) is 2. The van der Waals surface area contributed by atoms with E-state index in [0.717, 1.165) is 12.8 Å². The molecular formula is C18H27BN2O4. The molecule has 1 unspecified atom stereocenters. The maximum absolute atomic E-state index is 10.5. The number of hydrogen-bond acceptors (Lipinski definition) is 6. The molecular weight excluding hydrogens is 319 g/mol. The highest BCUT2D eigenvalue weighted by Crippen LogP contribution is 2.27. The Kier molecular flexibility index (Phi) is 5.80. The predicted octanol–water partition coefficient (Wildman–Crippen LogP) is 1.38. The minimum Gasteiger partial charge on any atom is -0.423 e. The average Bonchev–Trinajstić information content (AvgIpc) is 3.06. The third-order valence-corrected chi connectivity index (χ3v) is 5.02. The zero-order chi connectivity index (χ0) is 18.8. The van der Waals surface area contributed by atoms with Crippen LogP contribution in [0.5, 0.6) is 0 Å². The summed E-state index contributed by atoms with van der Waals surface area (Å²) in [6.45, 7) is 7.42. The van der Waals surface area contributed by atoms with E-state index in [1.54, 1.807) is 45.9 Å². The van der Waals surface area contributed by atoms with Crippen LogP contribution in [-0.4, -0.2) is 48.3 Å². The standard InChI is InChI=1S/C18H27BN2O4/c1-17(2,22)18(3,4)25-19(23)14-9-8-13(12-20)15(11-14)21(5)16-7-6-10-24-16/h8-9,11,16,22-23H,6-7,10H2,1-5H3. The van der Waals surface area contributed by atoms with Crippen molar-refractivity contribution in [1.82, 2.24) is 0 Å². The average molecular weight is 346 g/mol. The maximum atomic E-state index is 10.5. The van der Waals surface area contributed by atoms with Crippen LogP contribution in [0.15, 0.2) is 18.2 Å². The van der Waals surface area contributed by atoms with Gasteiger partial charge in [0.1, 0.15) is 12.3 Å². The monoisotopic (exact) mass is 346 g/mol. The lowest BCUT2D eigenvalue weighted by atomic mass is 9.76. The Morgan fingerprint density at radius 3 is 2.56 bits per heavy atom. The van der Waals surface area contributed by atoms with Crippen LogP contribution in [0, 0.1) is 11.3 Å². The van der Waals surface area contributed by atoms with E-state index in [9.17, 15) is 15.4 Å². The molecule has 1 aromatic carbocycles. The topological polar surface area (TPSA) is 86.0 Å². The molecule has 1 aromatic rings. The Labute approximate surface area is 150 Å². The van der Waals surface area contributed by atoms with Crippen molar-refractivity contribution in [2.24, 2.45) is 0 Å². The van der Waals surface area contributed by atoms with Gasteiger partial charge in [0, 0.05) is 13.7 Å². The molecule has 6 nitrogen and oxygen atoms in total. The molecule has 1 heterocycles. The first-order chi connectivity index (χ1) is 11.6. The van der Waals surface area contributed by atoms with E-state index in [-0.39, 0.29) is 6.23 Å². The van der Waals surface area contributed by atoms with Gasteiger partial charge >= 0.3 is 7.12 Å². The first-order valence-corrected chi connectivity index (χ1v) is 8.53. The molecule has 0 spiro atoms. The van der Waals surface area contributed by atoms with Gasteiger partial charge in [-0.3, -0.25) is 0 Å². The van der Waals surface area contributed by atoms with Crippen molar-refractivity contribution in [1.29, 1.82) is 5.26 Å². The third-order valence-electron chi connectivity index (χ3n) is 5.02. The molecule has 0 amide bonds. The zero-order valence-electron chi connectivity index (χ0n) is 15.6. The maximum Gasteiger partial charge on any atom is 0.491 e. The summed E-state index contributed by atoms with van der Waals surface area (Å²) < 4.78 is 11.4. The van der Waals surface area contributed by atoms with Crippen LogP contribution in [0.1, 0.15) is 46.1 Å². The Bertz CT molecular complexity index is 645. The summed E-state index contributed by atoms with van der Waals surface area (Å²) in [5, 5.41) is 30.1. The van der Waals surface area contributed by atoms with Gasteiger partial charge in [0.05, 0.1) is 22.5 Å². The molecule has 2 N–H and O–H groups in total. The summed E-state index contributed by atoms with van der Waals surface area (Å²) in [4.78, 5) is 1.92.